The summed E-state index contributed by atoms with van der Waals surface area (Å²) in [5, 5.41) is 3.75. The molecule has 2 amide bonds. The molecule has 7 nitrogen and oxygen atoms in total. The molecule has 0 bridgehead atoms. The first-order valence-electron chi connectivity index (χ1n) is 5.69. The van der Waals surface area contributed by atoms with Gasteiger partial charge in [-0.25, -0.2) is 5.43 Å². The van der Waals surface area contributed by atoms with E-state index in [9.17, 15) is 9.59 Å². The van der Waals surface area contributed by atoms with E-state index < -0.39 is 5.92 Å². The van der Waals surface area contributed by atoms with Crippen molar-refractivity contribution in [1.82, 2.24) is 16.3 Å². The van der Waals surface area contributed by atoms with Crippen LogP contribution in [0.2, 0.25) is 0 Å². The first kappa shape index (κ1) is 12.9. The molecule has 1 fully saturated rings. The molecule has 7 heteroatoms. The minimum Gasteiger partial charge on any atom is -0.460 e. The van der Waals surface area contributed by atoms with E-state index in [2.05, 4.69) is 28.0 Å². The minimum atomic E-state index is -0.568. The van der Waals surface area contributed by atoms with Crippen molar-refractivity contribution in [1.29, 1.82) is 0 Å². The van der Waals surface area contributed by atoms with Crippen molar-refractivity contribution in [3.8, 4) is 0 Å². The predicted octanol–water partition coefficient (Wildman–Crippen LogP) is 0.193. The van der Waals surface area contributed by atoms with Crippen molar-refractivity contribution in [2.45, 2.75) is 13.3 Å². The number of carbonyl (C=O) groups excluding carboxylic acids is 2. The minimum absolute atomic E-state index is 0.00775. The van der Waals surface area contributed by atoms with Gasteiger partial charge < -0.3 is 9.84 Å². The zero-order valence-electron chi connectivity index (χ0n) is 10.4. The Morgan fingerprint density at radius 2 is 2.37 bits per heavy atom. The second kappa shape index (κ2) is 5.38. The molecule has 0 aliphatic carbocycles. The number of amides is 2. The van der Waals surface area contributed by atoms with Gasteiger partial charge in [0.2, 0.25) is 11.8 Å². The highest BCUT2D eigenvalue weighted by atomic mass is 16.3. The lowest BCUT2D eigenvalue weighted by Crippen LogP contribution is -2.27. The van der Waals surface area contributed by atoms with Gasteiger partial charge in [0.25, 0.3) is 0 Å². The summed E-state index contributed by atoms with van der Waals surface area (Å²) in [5.41, 5.74) is 7.78. The molecule has 0 saturated carbocycles. The SMILES string of the molecule is C=C1NNC(=O)[C@H]1CC(=O)NN=Cc1ccc(C)o1. The number of rotatable bonds is 4. The van der Waals surface area contributed by atoms with Crippen LogP contribution in [0.15, 0.2) is 33.9 Å². The zero-order chi connectivity index (χ0) is 13.8. The molecule has 0 unspecified atom stereocenters. The average Bonchev–Trinajstić information content (AvgIpc) is 2.90. The first-order chi connectivity index (χ1) is 9.06. The van der Waals surface area contributed by atoms with E-state index in [-0.39, 0.29) is 18.2 Å². The molecule has 100 valence electrons. The highest BCUT2D eigenvalue weighted by Crippen LogP contribution is 2.15. The number of nitrogens with one attached hydrogen (secondary N) is 3. The number of carbonyl (C=O) groups is 2. The molecule has 1 atom stereocenters. The lowest BCUT2D eigenvalue weighted by atomic mass is 10.0. The van der Waals surface area contributed by atoms with E-state index >= 15 is 0 Å². The van der Waals surface area contributed by atoms with Gasteiger partial charge in [-0.15, -0.1) is 0 Å². The van der Waals surface area contributed by atoms with Crippen molar-refractivity contribution in [3.63, 3.8) is 0 Å². The summed E-state index contributed by atoms with van der Waals surface area (Å²) in [6, 6.07) is 3.53. The summed E-state index contributed by atoms with van der Waals surface area (Å²) in [6.45, 7) is 5.45. The topological polar surface area (TPSA) is 95.7 Å². The molecule has 1 aromatic heterocycles. The number of aryl methyl sites for hydroxylation is 1. The number of hydrogen-bond acceptors (Lipinski definition) is 5. The zero-order valence-corrected chi connectivity index (χ0v) is 10.4. The Kier molecular flexibility index (Phi) is 3.65. The Balaban J connectivity index is 1.83. The normalized spacial score (nSPS) is 18.5. The maximum Gasteiger partial charge on any atom is 0.247 e. The standard InChI is InChI=1S/C12H14N4O3/c1-7-3-4-9(19-7)6-13-15-11(17)5-10-8(2)14-16-12(10)18/h3-4,6,10,14H,2,5H2,1H3,(H,15,17)(H,16,18)/t10-/m0/s1. The lowest BCUT2D eigenvalue weighted by molar-refractivity contribution is -0.127. The first-order valence-corrected chi connectivity index (χ1v) is 5.69. The molecule has 3 N–H and O–H groups in total. The van der Waals surface area contributed by atoms with Crippen LogP contribution in [0.4, 0.5) is 0 Å². The Labute approximate surface area is 109 Å². The maximum absolute atomic E-state index is 11.6. The van der Waals surface area contributed by atoms with Crippen LogP contribution in [0.3, 0.4) is 0 Å². The number of hydrazone groups is 1. The maximum atomic E-state index is 11.6. The molecule has 2 heterocycles. The van der Waals surface area contributed by atoms with Gasteiger partial charge in [0.1, 0.15) is 11.5 Å². The number of nitrogens with zero attached hydrogens (tertiary/aromatic N) is 1. The van der Waals surface area contributed by atoms with E-state index in [1.165, 1.54) is 6.21 Å². The fraction of sp³-hybridized carbons (Fsp3) is 0.250. The molecule has 1 aliphatic heterocycles. The Hall–Kier alpha value is -2.57. The van der Waals surface area contributed by atoms with Crippen molar-refractivity contribution >= 4 is 18.0 Å². The molecular weight excluding hydrogens is 248 g/mol. The van der Waals surface area contributed by atoms with Crippen molar-refractivity contribution < 1.29 is 14.0 Å². The fourth-order valence-corrected chi connectivity index (χ4v) is 1.61. The van der Waals surface area contributed by atoms with Gasteiger partial charge in [-0.05, 0) is 19.1 Å². The van der Waals surface area contributed by atoms with Crippen LogP contribution in [-0.4, -0.2) is 18.0 Å². The van der Waals surface area contributed by atoms with Crippen LogP contribution in [0.5, 0.6) is 0 Å². The summed E-state index contributed by atoms with van der Waals surface area (Å²) in [5.74, 6) is 0.0941. The molecule has 0 aromatic carbocycles. The Morgan fingerprint density at radius 3 is 2.95 bits per heavy atom. The van der Waals surface area contributed by atoms with Gasteiger partial charge in [-0.3, -0.25) is 15.0 Å². The largest absolute Gasteiger partial charge is 0.460 e. The van der Waals surface area contributed by atoms with Gasteiger partial charge in [0.05, 0.1) is 12.1 Å². The van der Waals surface area contributed by atoms with Gasteiger partial charge in [-0.2, -0.15) is 5.10 Å². The summed E-state index contributed by atoms with van der Waals surface area (Å²) in [6.07, 6.45) is 1.39. The quantitative estimate of drug-likeness (QED) is 0.533. The van der Waals surface area contributed by atoms with E-state index in [0.29, 0.717) is 11.5 Å². The molecule has 1 aliphatic rings. The third-order valence-corrected chi connectivity index (χ3v) is 2.62. The summed E-state index contributed by atoms with van der Waals surface area (Å²) in [7, 11) is 0. The smallest absolute Gasteiger partial charge is 0.247 e. The van der Waals surface area contributed by atoms with Crippen LogP contribution in [0.25, 0.3) is 0 Å². The van der Waals surface area contributed by atoms with Crippen LogP contribution in [0, 0.1) is 12.8 Å². The second-order valence-corrected chi connectivity index (χ2v) is 4.14. The molecule has 1 aromatic rings. The van der Waals surface area contributed by atoms with Crippen molar-refractivity contribution in [3.05, 3.63) is 35.9 Å². The molecule has 1 saturated heterocycles. The highest BCUT2D eigenvalue weighted by molar-refractivity contribution is 5.89. The summed E-state index contributed by atoms with van der Waals surface area (Å²) in [4.78, 5) is 22.9. The molecular formula is C12H14N4O3. The van der Waals surface area contributed by atoms with Gasteiger partial charge in [0, 0.05) is 12.1 Å². The number of furan rings is 1. The van der Waals surface area contributed by atoms with E-state index in [1.807, 2.05) is 6.92 Å². The number of hydrogen-bond donors (Lipinski definition) is 3. The van der Waals surface area contributed by atoms with E-state index in [1.54, 1.807) is 12.1 Å². The Bertz CT molecular complexity index is 531. The fourth-order valence-electron chi connectivity index (χ4n) is 1.61. The van der Waals surface area contributed by atoms with Crippen LogP contribution in [-0.2, 0) is 9.59 Å². The van der Waals surface area contributed by atoms with E-state index in [4.69, 9.17) is 4.42 Å². The average molecular weight is 262 g/mol. The summed E-state index contributed by atoms with van der Waals surface area (Å²) >= 11 is 0. The third-order valence-electron chi connectivity index (χ3n) is 2.62. The Morgan fingerprint density at radius 1 is 1.58 bits per heavy atom. The third kappa shape index (κ3) is 3.21. The molecule has 2 rings (SSSR count). The molecule has 0 radical (unpaired) electrons. The van der Waals surface area contributed by atoms with Gasteiger partial charge in [-0.1, -0.05) is 6.58 Å². The van der Waals surface area contributed by atoms with Gasteiger partial charge >= 0.3 is 0 Å². The second-order valence-electron chi connectivity index (χ2n) is 4.14. The van der Waals surface area contributed by atoms with Crippen molar-refractivity contribution in [2.24, 2.45) is 11.0 Å². The molecule has 19 heavy (non-hydrogen) atoms. The lowest BCUT2D eigenvalue weighted by Gasteiger charge is -2.04. The van der Waals surface area contributed by atoms with Crippen LogP contribution >= 0.6 is 0 Å². The molecule has 0 spiro atoms. The van der Waals surface area contributed by atoms with Crippen LogP contribution in [0.1, 0.15) is 17.9 Å². The predicted molar refractivity (Wildman–Crippen MR) is 67.7 cm³/mol. The van der Waals surface area contributed by atoms with E-state index in [0.717, 1.165) is 5.76 Å². The number of hydrazine groups is 1. The van der Waals surface area contributed by atoms with Crippen molar-refractivity contribution in [2.75, 3.05) is 0 Å². The highest BCUT2D eigenvalue weighted by Gasteiger charge is 2.29. The monoisotopic (exact) mass is 262 g/mol. The van der Waals surface area contributed by atoms with Gasteiger partial charge in [0.15, 0.2) is 0 Å². The summed E-state index contributed by atoms with van der Waals surface area (Å²) < 4.78 is 5.24. The van der Waals surface area contributed by atoms with Crippen LogP contribution < -0.4 is 16.3 Å².